The number of hydrogen-bond donors (Lipinski definition) is 3. The molecular weight excluding hydrogens is 388 g/mol. The number of ether oxygens (including phenoxy) is 1. The topological polar surface area (TPSA) is 91.8 Å². The number of unbranched alkanes of at least 4 members (excludes halogenated alkanes) is 1. The summed E-state index contributed by atoms with van der Waals surface area (Å²) in [5.41, 5.74) is -0.525. The molecular formula is C21H36N4O3S. The van der Waals surface area contributed by atoms with Gasteiger partial charge in [0.2, 0.25) is 0 Å². The molecule has 8 heteroatoms. The van der Waals surface area contributed by atoms with Crippen molar-refractivity contribution < 1.29 is 13.7 Å². The van der Waals surface area contributed by atoms with Crippen molar-refractivity contribution in [2.24, 2.45) is 4.99 Å². The first kappa shape index (κ1) is 24.9. The van der Waals surface area contributed by atoms with Crippen molar-refractivity contribution in [3.8, 4) is 0 Å². The Labute approximate surface area is 177 Å². The first-order chi connectivity index (χ1) is 13.7. The summed E-state index contributed by atoms with van der Waals surface area (Å²) < 4.78 is 17.6. The van der Waals surface area contributed by atoms with Gasteiger partial charge in [0.25, 0.3) is 0 Å². The van der Waals surface area contributed by atoms with Crippen LogP contribution in [0.1, 0.15) is 47.0 Å². The van der Waals surface area contributed by atoms with Crippen LogP contribution in [0.25, 0.3) is 0 Å². The minimum Gasteiger partial charge on any atom is -0.444 e. The minimum atomic E-state index is -1.06. The normalized spacial score (nSPS) is 14.0. The molecule has 2 unspecified atom stereocenters. The van der Waals surface area contributed by atoms with E-state index < -0.39 is 22.5 Å². The smallest absolute Gasteiger partial charge is 0.407 e. The number of rotatable bonds is 10. The van der Waals surface area contributed by atoms with E-state index in [1.165, 1.54) is 0 Å². The molecule has 1 aromatic carbocycles. The largest absolute Gasteiger partial charge is 0.444 e. The summed E-state index contributed by atoms with van der Waals surface area (Å²) in [5.74, 6) is 1.11. The Morgan fingerprint density at radius 3 is 2.48 bits per heavy atom. The molecule has 1 rings (SSSR count). The highest BCUT2D eigenvalue weighted by Gasteiger charge is 2.18. The Hall–Kier alpha value is -2.09. The van der Waals surface area contributed by atoms with Crippen LogP contribution in [0.4, 0.5) is 4.79 Å². The van der Waals surface area contributed by atoms with Crippen molar-refractivity contribution in [2.75, 3.05) is 25.9 Å². The third-order valence-corrected chi connectivity index (χ3v) is 5.32. The zero-order valence-corrected chi connectivity index (χ0v) is 19.1. The number of aliphatic imine (C=N–C) groups is 1. The number of nitrogens with one attached hydrogen (secondary N) is 3. The van der Waals surface area contributed by atoms with Crippen molar-refractivity contribution in [1.82, 2.24) is 16.0 Å². The van der Waals surface area contributed by atoms with Crippen LogP contribution in [0.2, 0.25) is 0 Å². The predicted octanol–water partition coefficient (Wildman–Crippen LogP) is 3.04. The molecule has 0 saturated carbocycles. The molecule has 1 aromatic rings. The Bertz CT molecular complexity index is 660. The zero-order chi connectivity index (χ0) is 21.7. The Balaban J connectivity index is 2.50. The number of carbonyl (C=O) groups is 1. The van der Waals surface area contributed by atoms with Gasteiger partial charge in [0, 0.05) is 36.8 Å². The van der Waals surface area contributed by atoms with Crippen LogP contribution in [0.15, 0.2) is 40.2 Å². The molecule has 0 aliphatic heterocycles. The molecule has 0 radical (unpaired) electrons. The van der Waals surface area contributed by atoms with E-state index in [-0.39, 0.29) is 6.04 Å². The van der Waals surface area contributed by atoms with Crippen molar-refractivity contribution in [3.63, 3.8) is 0 Å². The van der Waals surface area contributed by atoms with Gasteiger partial charge in [-0.25, -0.2) is 4.79 Å². The van der Waals surface area contributed by atoms with Crippen molar-refractivity contribution in [3.05, 3.63) is 30.3 Å². The molecule has 0 saturated heterocycles. The molecule has 1 amide bonds. The van der Waals surface area contributed by atoms with Crippen LogP contribution in [-0.2, 0) is 15.5 Å². The molecule has 0 aliphatic rings. The van der Waals surface area contributed by atoms with Gasteiger partial charge >= 0.3 is 6.09 Å². The van der Waals surface area contributed by atoms with E-state index in [4.69, 9.17) is 4.74 Å². The second kappa shape index (κ2) is 13.2. The van der Waals surface area contributed by atoms with Crippen LogP contribution >= 0.6 is 0 Å². The summed E-state index contributed by atoms with van der Waals surface area (Å²) in [7, 11) is 0.639. The summed E-state index contributed by atoms with van der Waals surface area (Å²) in [6.07, 6.45) is 2.56. The molecule has 7 nitrogen and oxygen atoms in total. The lowest BCUT2D eigenvalue weighted by Crippen LogP contribution is -2.49. The third-order valence-electron chi connectivity index (χ3n) is 3.95. The van der Waals surface area contributed by atoms with E-state index in [1.54, 1.807) is 7.05 Å². The van der Waals surface area contributed by atoms with E-state index in [0.29, 0.717) is 24.8 Å². The number of carbonyl (C=O) groups excluding carboxylic acids is 1. The highest BCUT2D eigenvalue weighted by molar-refractivity contribution is 7.85. The standard InChI is InChI=1S/C21H36N4O3S/c1-6-7-11-17(16-24-20(26)28-21(2,3)4)25-19(22-5)23-14-15-29(27)18-12-9-8-10-13-18/h8-10,12-13,17H,6-7,11,14-16H2,1-5H3,(H,24,26)(H2,22,23,25). The van der Waals surface area contributed by atoms with Crippen molar-refractivity contribution >= 4 is 22.9 Å². The fourth-order valence-corrected chi connectivity index (χ4v) is 3.52. The number of amides is 1. The number of hydrogen-bond acceptors (Lipinski definition) is 4. The highest BCUT2D eigenvalue weighted by Crippen LogP contribution is 2.07. The van der Waals surface area contributed by atoms with Crippen LogP contribution < -0.4 is 16.0 Å². The fraction of sp³-hybridized carbons (Fsp3) is 0.619. The molecule has 3 N–H and O–H groups in total. The molecule has 29 heavy (non-hydrogen) atoms. The fourth-order valence-electron chi connectivity index (χ4n) is 2.54. The van der Waals surface area contributed by atoms with Gasteiger partial charge in [0.05, 0.1) is 10.8 Å². The van der Waals surface area contributed by atoms with Gasteiger partial charge in [0.15, 0.2) is 5.96 Å². The van der Waals surface area contributed by atoms with Gasteiger partial charge < -0.3 is 20.7 Å². The Kier molecular flexibility index (Phi) is 11.3. The van der Waals surface area contributed by atoms with E-state index in [9.17, 15) is 9.00 Å². The SMILES string of the molecule is CCCCC(CNC(=O)OC(C)(C)C)NC(=NC)NCCS(=O)c1ccccc1. The average Bonchev–Trinajstić information content (AvgIpc) is 2.68. The summed E-state index contributed by atoms with van der Waals surface area (Å²) in [5, 5.41) is 9.36. The van der Waals surface area contributed by atoms with Crippen LogP contribution in [-0.4, -0.2) is 53.8 Å². The lowest BCUT2D eigenvalue weighted by molar-refractivity contribution is 0.0522. The Morgan fingerprint density at radius 2 is 1.90 bits per heavy atom. The van der Waals surface area contributed by atoms with Crippen molar-refractivity contribution in [2.45, 2.75) is 63.5 Å². The number of alkyl carbamates (subject to hydrolysis) is 1. The van der Waals surface area contributed by atoms with Crippen LogP contribution in [0.5, 0.6) is 0 Å². The first-order valence-corrected chi connectivity index (χ1v) is 11.4. The second-order valence-electron chi connectivity index (χ2n) is 7.73. The molecule has 0 bridgehead atoms. The van der Waals surface area contributed by atoms with Crippen LogP contribution in [0.3, 0.4) is 0 Å². The number of nitrogens with zero attached hydrogens (tertiary/aromatic N) is 1. The molecule has 0 heterocycles. The van der Waals surface area contributed by atoms with E-state index in [0.717, 1.165) is 24.2 Å². The van der Waals surface area contributed by atoms with Gasteiger partial charge in [-0.2, -0.15) is 0 Å². The van der Waals surface area contributed by atoms with Crippen molar-refractivity contribution in [1.29, 1.82) is 0 Å². The van der Waals surface area contributed by atoms with Gasteiger partial charge in [-0.05, 0) is 39.3 Å². The van der Waals surface area contributed by atoms with E-state index in [1.807, 2.05) is 51.1 Å². The van der Waals surface area contributed by atoms with Gasteiger partial charge in [-0.3, -0.25) is 9.20 Å². The second-order valence-corrected chi connectivity index (χ2v) is 9.30. The minimum absolute atomic E-state index is 0.0216. The average molecular weight is 425 g/mol. The van der Waals surface area contributed by atoms with Gasteiger partial charge in [0.1, 0.15) is 5.60 Å². The maximum Gasteiger partial charge on any atom is 0.407 e. The lowest BCUT2D eigenvalue weighted by Gasteiger charge is -2.24. The predicted molar refractivity (Wildman–Crippen MR) is 120 cm³/mol. The summed E-state index contributed by atoms with van der Waals surface area (Å²) >= 11 is 0. The quantitative estimate of drug-likeness (QED) is 0.397. The highest BCUT2D eigenvalue weighted by atomic mass is 32.2. The monoisotopic (exact) mass is 424 g/mol. The first-order valence-electron chi connectivity index (χ1n) is 10.1. The lowest BCUT2D eigenvalue weighted by atomic mass is 10.1. The number of guanidine groups is 1. The Morgan fingerprint density at radius 1 is 1.21 bits per heavy atom. The van der Waals surface area contributed by atoms with E-state index >= 15 is 0 Å². The summed E-state index contributed by atoms with van der Waals surface area (Å²) in [6, 6.07) is 9.44. The summed E-state index contributed by atoms with van der Waals surface area (Å²) in [4.78, 5) is 17.0. The number of benzene rings is 1. The third kappa shape index (κ3) is 11.5. The molecule has 0 spiro atoms. The maximum absolute atomic E-state index is 12.3. The molecule has 0 aromatic heterocycles. The van der Waals surface area contributed by atoms with Gasteiger partial charge in [-0.15, -0.1) is 0 Å². The van der Waals surface area contributed by atoms with E-state index in [2.05, 4.69) is 27.9 Å². The summed E-state index contributed by atoms with van der Waals surface area (Å²) in [6.45, 7) is 8.61. The molecule has 0 fully saturated rings. The molecule has 164 valence electrons. The zero-order valence-electron chi connectivity index (χ0n) is 18.3. The van der Waals surface area contributed by atoms with Crippen LogP contribution in [0, 0.1) is 0 Å². The molecule has 2 atom stereocenters. The van der Waals surface area contributed by atoms with Gasteiger partial charge in [-0.1, -0.05) is 38.0 Å². The maximum atomic E-state index is 12.3. The molecule has 0 aliphatic carbocycles.